The van der Waals surface area contributed by atoms with E-state index in [1.54, 1.807) is 19.2 Å². The lowest BCUT2D eigenvalue weighted by Gasteiger charge is -2.19. The van der Waals surface area contributed by atoms with Gasteiger partial charge in [0.05, 0.1) is 13.2 Å². The van der Waals surface area contributed by atoms with Gasteiger partial charge in [-0.2, -0.15) is 0 Å². The molecule has 140 valence electrons. The monoisotopic (exact) mass is 359 g/mol. The summed E-state index contributed by atoms with van der Waals surface area (Å²) in [4.78, 5) is 11.7. The number of aliphatic hydroxyl groups excluding tert-OH is 2. The SMILES string of the molecule is COc1cc(C(O)C(O)CCNC(=O)OCc2ccccc2)ccc1C. The van der Waals surface area contributed by atoms with E-state index in [1.165, 1.54) is 0 Å². The highest BCUT2D eigenvalue weighted by Crippen LogP contribution is 2.25. The summed E-state index contributed by atoms with van der Waals surface area (Å²) in [6.07, 6.45) is -2.45. The molecule has 2 aromatic carbocycles. The van der Waals surface area contributed by atoms with Crippen molar-refractivity contribution in [1.29, 1.82) is 0 Å². The van der Waals surface area contributed by atoms with Gasteiger partial charge in [0.25, 0.3) is 0 Å². The number of alkyl carbamates (subject to hydrolysis) is 1. The molecule has 2 atom stereocenters. The van der Waals surface area contributed by atoms with Crippen LogP contribution in [0.25, 0.3) is 0 Å². The van der Waals surface area contributed by atoms with E-state index in [0.717, 1.165) is 11.1 Å². The van der Waals surface area contributed by atoms with Gasteiger partial charge in [-0.25, -0.2) is 4.79 Å². The second-order valence-corrected chi connectivity index (χ2v) is 6.02. The van der Waals surface area contributed by atoms with E-state index in [9.17, 15) is 15.0 Å². The summed E-state index contributed by atoms with van der Waals surface area (Å²) in [6.45, 7) is 2.27. The van der Waals surface area contributed by atoms with Crippen LogP contribution in [0.2, 0.25) is 0 Å². The van der Waals surface area contributed by atoms with Gasteiger partial charge in [0.1, 0.15) is 18.5 Å². The minimum absolute atomic E-state index is 0.182. The molecule has 0 aliphatic carbocycles. The molecule has 0 heterocycles. The molecular weight excluding hydrogens is 334 g/mol. The summed E-state index contributed by atoms with van der Waals surface area (Å²) in [7, 11) is 1.56. The van der Waals surface area contributed by atoms with Crippen LogP contribution < -0.4 is 10.1 Å². The van der Waals surface area contributed by atoms with Crippen LogP contribution in [0.5, 0.6) is 5.75 Å². The number of carbonyl (C=O) groups excluding carboxylic acids is 1. The zero-order chi connectivity index (χ0) is 18.9. The number of hydrogen-bond donors (Lipinski definition) is 3. The Balaban J connectivity index is 1.75. The first-order valence-electron chi connectivity index (χ1n) is 8.46. The van der Waals surface area contributed by atoms with E-state index in [0.29, 0.717) is 11.3 Å². The number of rotatable bonds is 8. The number of benzene rings is 2. The molecule has 0 fully saturated rings. The van der Waals surface area contributed by atoms with Crippen molar-refractivity contribution in [3.05, 3.63) is 65.2 Å². The average molecular weight is 359 g/mol. The predicted molar refractivity (Wildman–Crippen MR) is 97.9 cm³/mol. The van der Waals surface area contributed by atoms with Gasteiger partial charge in [0, 0.05) is 6.54 Å². The highest BCUT2D eigenvalue weighted by molar-refractivity contribution is 5.67. The van der Waals surface area contributed by atoms with Crippen molar-refractivity contribution < 1.29 is 24.5 Å². The first kappa shape index (κ1) is 19.8. The lowest BCUT2D eigenvalue weighted by Crippen LogP contribution is -2.29. The molecule has 2 aromatic rings. The van der Waals surface area contributed by atoms with Gasteiger partial charge in [0.15, 0.2) is 0 Å². The summed E-state index contributed by atoms with van der Waals surface area (Å²) < 4.78 is 10.3. The maximum Gasteiger partial charge on any atom is 0.407 e. The molecule has 1 amide bonds. The third kappa shape index (κ3) is 5.75. The highest BCUT2D eigenvalue weighted by Gasteiger charge is 2.19. The third-order valence-corrected chi connectivity index (χ3v) is 4.06. The third-order valence-electron chi connectivity index (χ3n) is 4.06. The predicted octanol–water partition coefficient (Wildman–Crippen LogP) is 2.71. The van der Waals surface area contributed by atoms with Crippen LogP contribution in [0.15, 0.2) is 48.5 Å². The van der Waals surface area contributed by atoms with Crippen LogP contribution in [-0.2, 0) is 11.3 Å². The number of carbonyl (C=O) groups is 1. The van der Waals surface area contributed by atoms with E-state index in [2.05, 4.69) is 5.32 Å². The zero-order valence-electron chi connectivity index (χ0n) is 15.0. The van der Waals surface area contributed by atoms with Gasteiger partial charge >= 0.3 is 6.09 Å². The molecule has 0 aliphatic rings. The molecule has 0 spiro atoms. The molecule has 2 unspecified atom stereocenters. The Morgan fingerprint density at radius 2 is 1.88 bits per heavy atom. The molecule has 0 aliphatic heterocycles. The zero-order valence-corrected chi connectivity index (χ0v) is 15.0. The van der Waals surface area contributed by atoms with E-state index in [4.69, 9.17) is 9.47 Å². The van der Waals surface area contributed by atoms with Crippen LogP contribution >= 0.6 is 0 Å². The molecular formula is C20H25NO5. The fourth-order valence-electron chi connectivity index (χ4n) is 2.50. The largest absolute Gasteiger partial charge is 0.496 e. The van der Waals surface area contributed by atoms with Gasteiger partial charge in [0.2, 0.25) is 0 Å². The summed E-state index contributed by atoms with van der Waals surface area (Å²) in [5, 5.41) is 23.0. The quantitative estimate of drug-likeness (QED) is 0.674. The number of amides is 1. The van der Waals surface area contributed by atoms with Crippen molar-refractivity contribution in [1.82, 2.24) is 5.32 Å². The minimum Gasteiger partial charge on any atom is -0.496 e. The number of methoxy groups -OCH3 is 1. The maximum absolute atomic E-state index is 11.7. The van der Waals surface area contributed by atoms with E-state index >= 15 is 0 Å². The molecule has 26 heavy (non-hydrogen) atoms. The highest BCUT2D eigenvalue weighted by atomic mass is 16.5. The average Bonchev–Trinajstić information content (AvgIpc) is 2.67. The Kier molecular flexibility index (Phi) is 7.44. The fourth-order valence-corrected chi connectivity index (χ4v) is 2.50. The molecule has 2 rings (SSSR count). The topological polar surface area (TPSA) is 88.0 Å². The molecule has 6 heteroatoms. The Morgan fingerprint density at radius 3 is 2.58 bits per heavy atom. The summed E-state index contributed by atoms with van der Waals surface area (Å²) in [5.74, 6) is 0.649. The van der Waals surface area contributed by atoms with Crippen LogP contribution in [0, 0.1) is 6.92 Å². The van der Waals surface area contributed by atoms with Crippen molar-refractivity contribution in [3.63, 3.8) is 0 Å². The Bertz CT molecular complexity index is 705. The van der Waals surface area contributed by atoms with E-state index < -0.39 is 18.3 Å². The van der Waals surface area contributed by atoms with Crippen LogP contribution in [0.1, 0.15) is 29.2 Å². The Labute approximate surface area is 153 Å². The second kappa shape index (κ2) is 9.79. The second-order valence-electron chi connectivity index (χ2n) is 6.02. The summed E-state index contributed by atoms with van der Waals surface area (Å²) in [5.41, 5.74) is 2.40. The molecule has 0 saturated carbocycles. The number of ether oxygens (including phenoxy) is 2. The molecule has 0 saturated heterocycles. The lowest BCUT2D eigenvalue weighted by atomic mass is 10.0. The standard InChI is InChI=1S/C20H25NO5/c1-14-8-9-16(12-18(14)25-2)19(23)17(22)10-11-21-20(24)26-13-15-6-4-3-5-7-15/h3-9,12,17,19,22-23H,10-11,13H2,1-2H3,(H,21,24). The van der Waals surface area contributed by atoms with Gasteiger partial charge < -0.3 is 25.0 Å². The first-order valence-corrected chi connectivity index (χ1v) is 8.46. The van der Waals surface area contributed by atoms with Crippen molar-refractivity contribution in [2.24, 2.45) is 0 Å². The molecule has 6 nitrogen and oxygen atoms in total. The molecule has 0 bridgehead atoms. The van der Waals surface area contributed by atoms with E-state index in [1.807, 2.05) is 43.3 Å². The van der Waals surface area contributed by atoms with E-state index in [-0.39, 0.29) is 19.6 Å². The number of nitrogens with one attached hydrogen (secondary N) is 1. The normalized spacial score (nSPS) is 12.9. The summed E-state index contributed by atoms with van der Waals surface area (Å²) >= 11 is 0. The Morgan fingerprint density at radius 1 is 1.15 bits per heavy atom. The summed E-state index contributed by atoms with van der Waals surface area (Å²) in [6, 6.07) is 14.6. The number of aryl methyl sites for hydroxylation is 1. The smallest absolute Gasteiger partial charge is 0.407 e. The van der Waals surface area contributed by atoms with Crippen LogP contribution in [0.4, 0.5) is 4.79 Å². The molecule has 0 radical (unpaired) electrons. The molecule has 0 aromatic heterocycles. The fraction of sp³-hybridized carbons (Fsp3) is 0.350. The van der Waals surface area contributed by atoms with Crippen molar-refractivity contribution in [3.8, 4) is 5.75 Å². The van der Waals surface area contributed by atoms with Gasteiger partial charge in [-0.1, -0.05) is 42.5 Å². The number of aliphatic hydroxyl groups is 2. The number of hydrogen-bond acceptors (Lipinski definition) is 5. The first-order chi connectivity index (χ1) is 12.5. The van der Waals surface area contributed by atoms with Gasteiger partial charge in [-0.05, 0) is 36.1 Å². The van der Waals surface area contributed by atoms with Crippen molar-refractivity contribution in [2.75, 3.05) is 13.7 Å². The minimum atomic E-state index is -1.06. The van der Waals surface area contributed by atoms with Gasteiger partial charge in [-0.3, -0.25) is 0 Å². The molecule has 3 N–H and O–H groups in total. The lowest BCUT2D eigenvalue weighted by molar-refractivity contribution is 0.0135. The maximum atomic E-state index is 11.7. The van der Waals surface area contributed by atoms with Gasteiger partial charge in [-0.15, -0.1) is 0 Å². The van der Waals surface area contributed by atoms with Crippen LogP contribution in [-0.4, -0.2) is 36.1 Å². The van der Waals surface area contributed by atoms with Crippen LogP contribution in [0.3, 0.4) is 0 Å². The Hall–Kier alpha value is -2.57. The van der Waals surface area contributed by atoms with Crippen molar-refractivity contribution in [2.45, 2.75) is 32.2 Å². The van der Waals surface area contributed by atoms with Crippen molar-refractivity contribution >= 4 is 6.09 Å².